The highest BCUT2D eigenvalue weighted by molar-refractivity contribution is 9.10. The van der Waals surface area contributed by atoms with E-state index in [0.717, 1.165) is 15.9 Å². The van der Waals surface area contributed by atoms with E-state index in [4.69, 9.17) is 4.74 Å². The van der Waals surface area contributed by atoms with Crippen molar-refractivity contribution in [3.8, 4) is 5.75 Å². The molecular weight excluding hydrogens is 314 g/mol. The summed E-state index contributed by atoms with van der Waals surface area (Å²) in [5.74, 6) is 0.948. The Morgan fingerprint density at radius 3 is 2.75 bits per heavy atom. The second-order valence-electron chi connectivity index (χ2n) is 5.41. The molecule has 3 heteroatoms. The third-order valence-electron chi connectivity index (χ3n) is 3.96. The Hall–Kier alpha value is -1.48. The van der Waals surface area contributed by atoms with Crippen LogP contribution in [0.2, 0.25) is 0 Å². The monoisotopic (exact) mass is 331 g/mol. The van der Waals surface area contributed by atoms with Crippen molar-refractivity contribution in [2.45, 2.75) is 19.9 Å². The fourth-order valence-electron chi connectivity index (χ4n) is 2.76. The second kappa shape index (κ2) is 5.13. The Morgan fingerprint density at radius 1 is 1.15 bits per heavy atom. The fourth-order valence-corrected chi connectivity index (χ4v) is 3.10. The molecule has 2 aromatic carbocycles. The van der Waals surface area contributed by atoms with Gasteiger partial charge >= 0.3 is 0 Å². The lowest BCUT2D eigenvalue weighted by molar-refractivity contribution is 0.268. The minimum atomic E-state index is 0.267. The number of halogens is 1. The molecule has 1 heterocycles. The number of nitrogens with zero attached hydrogens (tertiary/aromatic N) is 1. The molecule has 1 unspecified atom stereocenters. The average Bonchev–Trinajstić information content (AvgIpc) is 2.42. The molecule has 3 rings (SSSR count). The maximum absolute atomic E-state index is 5.96. The maximum atomic E-state index is 5.96. The number of anilines is 1. The van der Waals surface area contributed by atoms with E-state index in [1.54, 1.807) is 0 Å². The molecule has 0 saturated carbocycles. The van der Waals surface area contributed by atoms with Crippen LogP contribution in [-0.2, 0) is 0 Å². The Balaban J connectivity index is 2.01. The van der Waals surface area contributed by atoms with E-state index in [9.17, 15) is 0 Å². The molecule has 0 amide bonds. The van der Waals surface area contributed by atoms with Gasteiger partial charge in [0.1, 0.15) is 12.4 Å². The fraction of sp³-hybridized carbons (Fsp3) is 0.294. The molecule has 0 aliphatic carbocycles. The molecule has 1 aliphatic heterocycles. The van der Waals surface area contributed by atoms with Crippen LogP contribution >= 0.6 is 15.9 Å². The highest BCUT2D eigenvalue weighted by Crippen LogP contribution is 2.40. The third-order valence-corrected chi connectivity index (χ3v) is 4.45. The smallest absolute Gasteiger partial charge is 0.143 e. The lowest BCUT2D eigenvalue weighted by atomic mass is 9.97. The summed E-state index contributed by atoms with van der Waals surface area (Å²) in [7, 11) is 2.14. The van der Waals surface area contributed by atoms with Crippen LogP contribution in [0.25, 0.3) is 0 Å². The molecule has 104 valence electrons. The number of hydrogen-bond donors (Lipinski definition) is 0. The van der Waals surface area contributed by atoms with Crippen molar-refractivity contribution in [1.82, 2.24) is 0 Å². The molecule has 2 aromatic rings. The van der Waals surface area contributed by atoms with E-state index in [2.05, 4.69) is 72.1 Å². The van der Waals surface area contributed by atoms with E-state index in [1.807, 2.05) is 6.07 Å². The number of rotatable bonds is 1. The summed E-state index contributed by atoms with van der Waals surface area (Å²) in [6.45, 7) is 4.99. The number of likely N-dealkylation sites (N-methyl/N-ethyl adjacent to an activating group) is 1. The van der Waals surface area contributed by atoms with Gasteiger partial charge in [-0.3, -0.25) is 0 Å². The number of benzene rings is 2. The van der Waals surface area contributed by atoms with E-state index in [1.165, 1.54) is 16.7 Å². The molecule has 1 aliphatic rings. The molecule has 1 atom stereocenters. The van der Waals surface area contributed by atoms with E-state index in [0.29, 0.717) is 6.61 Å². The zero-order valence-corrected chi connectivity index (χ0v) is 13.6. The lowest BCUT2D eigenvalue weighted by Crippen LogP contribution is -2.33. The van der Waals surface area contributed by atoms with Crippen molar-refractivity contribution in [1.29, 1.82) is 0 Å². The van der Waals surface area contributed by atoms with Crippen LogP contribution in [0.1, 0.15) is 22.7 Å². The summed E-state index contributed by atoms with van der Waals surface area (Å²) in [4.78, 5) is 2.31. The predicted molar refractivity (Wildman–Crippen MR) is 86.7 cm³/mol. The first-order chi connectivity index (χ1) is 9.56. The second-order valence-corrected chi connectivity index (χ2v) is 6.33. The van der Waals surface area contributed by atoms with Gasteiger partial charge in [0.25, 0.3) is 0 Å². The Kier molecular flexibility index (Phi) is 3.47. The first kappa shape index (κ1) is 13.5. The van der Waals surface area contributed by atoms with Gasteiger partial charge < -0.3 is 9.64 Å². The van der Waals surface area contributed by atoms with Crippen molar-refractivity contribution in [2.24, 2.45) is 0 Å². The van der Waals surface area contributed by atoms with Crippen LogP contribution in [0.4, 0.5) is 5.69 Å². The summed E-state index contributed by atoms with van der Waals surface area (Å²) < 4.78 is 7.02. The van der Waals surface area contributed by atoms with E-state index in [-0.39, 0.29) is 6.04 Å². The Bertz CT molecular complexity index is 653. The van der Waals surface area contributed by atoms with E-state index >= 15 is 0 Å². The largest absolute Gasteiger partial charge is 0.489 e. The van der Waals surface area contributed by atoms with Crippen LogP contribution in [-0.4, -0.2) is 13.7 Å². The molecule has 0 saturated heterocycles. The van der Waals surface area contributed by atoms with Crippen LogP contribution in [0.5, 0.6) is 5.75 Å². The van der Waals surface area contributed by atoms with E-state index < -0.39 is 0 Å². The van der Waals surface area contributed by atoms with Gasteiger partial charge in [0, 0.05) is 11.5 Å². The van der Waals surface area contributed by atoms with Crippen molar-refractivity contribution >= 4 is 21.6 Å². The SMILES string of the molecule is Cc1ccc(C)c(C2COc3cc(Br)ccc3N2C)c1. The molecule has 0 bridgehead atoms. The molecule has 0 N–H and O–H groups in total. The van der Waals surface area contributed by atoms with Crippen molar-refractivity contribution in [3.05, 3.63) is 57.6 Å². The zero-order chi connectivity index (χ0) is 14.3. The van der Waals surface area contributed by atoms with Crippen LogP contribution in [0, 0.1) is 13.8 Å². The first-order valence-corrected chi connectivity index (χ1v) is 7.58. The number of hydrogen-bond acceptors (Lipinski definition) is 2. The standard InChI is InChI=1S/C17H18BrNO/c1-11-4-5-12(2)14(8-11)16-10-20-17-9-13(18)6-7-15(17)19(16)3/h4-9,16H,10H2,1-3H3. The zero-order valence-electron chi connectivity index (χ0n) is 12.0. The quantitative estimate of drug-likeness (QED) is 0.755. The van der Waals surface area contributed by atoms with Crippen molar-refractivity contribution < 1.29 is 4.74 Å². The minimum absolute atomic E-state index is 0.267. The topological polar surface area (TPSA) is 12.5 Å². The van der Waals surface area contributed by atoms with Gasteiger partial charge in [0.2, 0.25) is 0 Å². The van der Waals surface area contributed by atoms with Crippen LogP contribution < -0.4 is 9.64 Å². The lowest BCUT2D eigenvalue weighted by Gasteiger charge is -2.37. The summed E-state index contributed by atoms with van der Waals surface area (Å²) in [5.41, 5.74) is 5.10. The molecule has 2 nitrogen and oxygen atoms in total. The van der Waals surface area contributed by atoms with Crippen molar-refractivity contribution in [2.75, 3.05) is 18.6 Å². The third kappa shape index (κ3) is 2.31. The van der Waals surface area contributed by atoms with Crippen LogP contribution in [0.3, 0.4) is 0 Å². The maximum Gasteiger partial charge on any atom is 0.143 e. The van der Waals surface area contributed by atoms with Crippen LogP contribution in [0.15, 0.2) is 40.9 Å². The highest BCUT2D eigenvalue weighted by atomic mass is 79.9. The number of aryl methyl sites for hydroxylation is 2. The molecule has 0 aromatic heterocycles. The first-order valence-electron chi connectivity index (χ1n) is 6.78. The normalized spacial score (nSPS) is 17.6. The van der Waals surface area contributed by atoms with Gasteiger partial charge in [-0.1, -0.05) is 39.7 Å². The average molecular weight is 332 g/mol. The van der Waals surface area contributed by atoms with Crippen molar-refractivity contribution in [3.63, 3.8) is 0 Å². The predicted octanol–water partition coefficient (Wildman–Crippen LogP) is 4.64. The minimum Gasteiger partial charge on any atom is -0.489 e. The van der Waals surface area contributed by atoms with Gasteiger partial charge in [0.05, 0.1) is 11.7 Å². The molecule has 0 radical (unpaired) electrons. The van der Waals surface area contributed by atoms with Gasteiger partial charge in [-0.2, -0.15) is 0 Å². The van der Waals surface area contributed by atoms with Gasteiger partial charge in [-0.05, 0) is 43.2 Å². The number of fused-ring (bicyclic) bond motifs is 1. The molecule has 20 heavy (non-hydrogen) atoms. The summed E-state index contributed by atoms with van der Waals surface area (Å²) in [6, 6.07) is 13.1. The summed E-state index contributed by atoms with van der Waals surface area (Å²) in [6.07, 6.45) is 0. The summed E-state index contributed by atoms with van der Waals surface area (Å²) in [5, 5.41) is 0. The number of ether oxygens (including phenoxy) is 1. The molecule has 0 spiro atoms. The van der Waals surface area contributed by atoms with Gasteiger partial charge in [-0.25, -0.2) is 0 Å². The molecular formula is C17H18BrNO. The molecule has 0 fully saturated rings. The summed E-state index contributed by atoms with van der Waals surface area (Å²) >= 11 is 3.49. The van der Waals surface area contributed by atoms with Gasteiger partial charge in [-0.15, -0.1) is 0 Å². The highest BCUT2D eigenvalue weighted by Gasteiger charge is 2.27. The Morgan fingerprint density at radius 2 is 1.95 bits per heavy atom. The van der Waals surface area contributed by atoms with Gasteiger partial charge in [0.15, 0.2) is 0 Å². The Labute approximate surface area is 128 Å².